The van der Waals surface area contributed by atoms with Gasteiger partial charge in [0.15, 0.2) is 10.4 Å². The van der Waals surface area contributed by atoms with Crippen molar-refractivity contribution in [3.05, 3.63) is 22.6 Å². The summed E-state index contributed by atoms with van der Waals surface area (Å²) in [6, 6.07) is 3.06. The van der Waals surface area contributed by atoms with Gasteiger partial charge in [0.2, 0.25) is 5.67 Å². The minimum atomic E-state index is -2.12. The third-order valence-corrected chi connectivity index (χ3v) is 3.27. The molecule has 1 aliphatic heterocycles. The first-order valence-electron chi connectivity index (χ1n) is 5.28. The van der Waals surface area contributed by atoms with Crippen LogP contribution in [0.4, 0.5) is 4.39 Å². The number of carbonyl (C=O) groups is 2. The molecule has 1 fully saturated rings. The molecule has 0 unspecified atom stereocenters. The van der Waals surface area contributed by atoms with Crippen LogP contribution in [0.15, 0.2) is 21.2 Å². The monoisotopic (exact) mass is 319 g/mol. The summed E-state index contributed by atoms with van der Waals surface area (Å²) in [7, 11) is 1.12. The van der Waals surface area contributed by atoms with E-state index < -0.39 is 17.5 Å². The highest BCUT2D eigenvalue weighted by atomic mass is 79.9. The number of ether oxygens (including phenoxy) is 1. The van der Waals surface area contributed by atoms with Crippen LogP contribution < -0.4 is 0 Å². The van der Waals surface area contributed by atoms with Crippen molar-refractivity contribution in [1.29, 1.82) is 0 Å². The van der Waals surface area contributed by atoms with Crippen molar-refractivity contribution in [3.63, 3.8) is 0 Å². The zero-order valence-electron chi connectivity index (χ0n) is 9.61. The van der Waals surface area contributed by atoms with Crippen molar-refractivity contribution in [2.75, 3.05) is 20.2 Å². The summed E-state index contributed by atoms with van der Waals surface area (Å²) in [6.07, 6.45) is -0.0622. The van der Waals surface area contributed by atoms with Crippen molar-refractivity contribution in [3.8, 4) is 0 Å². The maximum absolute atomic E-state index is 14.1. The first-order chi connectivity index (χ1) is 8.46. The number of esters is 1. The van der Waals surface area contributed by atoms with Gasteiger partial charge >= 0.3 is 5.97 Å². The number of hydrogen-bond donors (Lipinski definition) is 0. The van der Waals surface area contributed by atoms with Crippen LogP contribution in [-0.2, 0) is 9.53 Å². The van der Waals surface area contributed by atoms with Crippen molar-refractivity contribution in [2.24, 2.45) is 0 Å². The molecule has 0 aliphatic carbocycles. The van der Waals surface area contributed by atoms with Crippen molar-refractivity contribution >= 4 is 27.8 Å². The van der Waals surface area contributed by atoms with Crippen molar-refractivity contribution in [1.82, 2.24) is 4.90 Å². The Balaban J connectivity index is 2.09. The number of likely N-dealkylation sites (tertiary alicyclic amines) is 1. The molecule has 1 atom stereocenters. The summed E-state index contributed by atoms with van der Waals surface area (Å²) in [5.74, 6) is -1.28. The predicted octanol–water partition coefficient (Wildman–Crippen LogP) is 1.77. The van der Waals surface area contributed by atoms with E-state index in [1.165, 1.54) is 11.0 Å². The smallest absolute Gasteiger partial charge is 0.345 e. The van der Waals surface area contributed by atoms with E-state index in [1.807, 2.05) is 0 Å². The number of rotatable bonds is 2. The summed E-state index contributed by atoms with van der Waals surface area (Å²) in [6.45, 7) is -0.153. The first-order valence-corrected chi connectivity index (χ1v) is 6.07. The maximum atomic E-state index is 14.1. The van der Waals surface area contributed by atoms with Crippen LogP contribution in [0.25, 0.3) is 0 Å². The van der Waals surface area contributed by atoms with Gasteiger partial charge in [-0.25, -0.2) is 9.18 Å². The molecule has 1 saturated heterocycles. The van der Waals surface area contributed by atoms with E-state index >= 15 is 0 Å². The summed E-state index contributed by atoms with van der Waals surface area (Å²) >= 11 is 3.08. The fourth-order valence-corrected chi connectivity index (χ4v) is 2.19. The Labute approximate surface area is 111 Å². The minimum absolute atomic E-state index is 0.0622. The van der Waals surface area contributed by atoms with Crippen LogP contribution in [0.1, 0.15) is 17.0 Å². The second kappa shape index (κ2) is 4.72. The molecule has 1 aromatic heterocycles. The molecule has 1 amide bonds. The number of alkyl halides is 1. The summed E-state index contributed by atoms with van der Waals surface area (Å²) < 4.78 is 24.0. The summed E-state index contributed by atoms with van der Waals surface area (Å²) in [5.41, 5.74) is -2.12. The van der Waals surface area contributed by atoms with Gasteiger partial charge in [-0.3, -0.25) is 4.79 Å². The molecule has 0 bridgehead atoms. The summed E-state index contributed by atoms with van der Waals surface area (Å²) in [5, 5.41) is 0. The normalized spacial score (nSPS) is 23.2. The van der Waals surface area contributed by atoms with Gasteiger partial charge in [0.05, 0.1) is 13.7 Å². The van der Waals surface area contributed by atoms with Crippen LogP contribution in [0.5, 0.6) is 0 Å². The minimum Gasteiger partial charge on any atom is -0.467 e. The number of furan rings is 1. The molecular formula is C11H11BrFNO4. The fourth-order valence-electron chi connectivity index (χ4n) is 1.88. The van der Waals surface area contributed by atoms with Crippen LogP contribution >= 0.6 is 15.9 Å². The molecule has 98 valence electrons. The fraction of sp³-hybridized carbons (Fsp3) is 0.455. The molecule has 2 heterocycles. The lowest BCUT2D eigenvalue weighted by Crippen LogP contribution is -2.39. The lowest BCUT2D eigenvalue weighted by Gasteiger charge is -2.17. The lowest BCUT2D eigenvalue weighted by atomic mass is 10.1. The number of nitrogens with zero attached hydrogens (tertiary/aromatic N) is 1. The zero-order chi connectivity index (χ0) is 13.3. The van der Waals surface area contributed by atoms with E-state index in [1.54, 1.807) is 6.07 Å². The second-order valence-corrected chi connectivity index (χ2v) is 4.82. The highest BCUT2D eigenvalue weighted by Gasteiger charge is 2.48. The molecule has 0 N–H and O–H groups in total. The zero-order valence-corrected chi connectivity index (χ0v) is 11.2. The molecule has 5 nitrogen and oxygen atoms in total. The number of halogens is 2. The summed E-state index contributed by atoms with van der Waals surface area (Å²) in [4.78, 5) is 24.5. The molecular weight excluding hydrogens is 309 g/mol. The van der Waals surface area contributed by atoms with E-state index in [-0.39, 0.29) is 25.3 Å². The van der Waals surface area contributed by atoms with Crippen molar-refractivity contribution < 1.29 is 23.1 Å². The van der Waals surface area contributed by atoms with E-state index in [0.717, 1.165) is 7.11 Å². The van der Waals surface area contributed by atoms with E-state index in [2.05, 4.69) is 20.7 Å². The Hall–Kier alpha value is -1.37. The van der Waals surface area contributed by atoms with Gasteiger partial charge < -0.3 is 14.1 Å². The second-order valence-electron chi connectivity index (χ2n) is 4.04. The van der Waals surface area contributed by atoms with Crippen LogP contribution in [0.3, 0.4) is 0 Å². The first kappa shape index (κ1) is 13.1. The van der Waals surface area contributed by atoms with Gasteiger partial charge in [-0.1, -0.05) is 0 Å². The molecule has 0 spiro atoms. The molecule has 18 heavy (non-hydrogen) atoms. The number of amides is 1. The Morgan fingerprint density at radius 1 is 1.56 bits per heavy atom. The number of hydrogen-bond acceptors (Lipinski definition) is 4. The maximum Gasteiger partial charge on any atom is 0.345 e. The van der Waals surface area contributed by atoms with E-state index in [4.69, 9.17) is 4.42 Å². The van der Waals surface area contributed by atoms with Crippen LogP contribution in [-0.4, -0.2) is 42.6 Å². The third-order valence-electron chi connectivity index (χ3n) is 2.84. The van der Waals surface area contributed by atoms with Gasteiger partial charge in [0.1, 0.15) is 0 Å². The molecule has 2 rings (SSSR count). The Morgan fingerprint density at radius 3 is 2.83 bits per heavy atom. The van der Waals surface area contributed by atoms with E-state index in [0.29, 0.717) is 4.67 Å². The van der Waals surface area contributed by atoms with Gasteiger partial charge in [-0.15, -0.1) is 0 Å². The molecule has 0 aromatic carbocycles. The van der Waals surface area contributed by atoms with Gasteiger partial charge in [-0.05, 0) is 28.1 Å². The Kier molecular flexibility index (Phi) is 3.43. The number of methoxy groups -OCH3 is 1. The van der Waals surface area contributed by atoms with Gasteiger partial charge in [-0.2, -0.15) is 0 Å². The van der Waals surface area contributed by atoms with Crippen LogP contribution in [0, 0.1) is 0 Å². The third kappa shape index (κ3) is 2.27. The lowest BCUT2D eigenvalue weighted by molar-refractivity contribution is -0.153. The molecule has 0 saturated carbocycles. The molecule has 7 heteroatoms. The highest BCUT2D eigenvalue weighted by molar-refractivity contribution is 9.10. The Morgan fingerprint density at radius 2 is 2.28 bits per heavy atom. The average Bonchev–Trinajstić information content (AvgIpc) is 2.95. The highest BCUT2D eigenvalue weighted by Crippen LogP contribution is 2.28. The molecule has 1 aliphatic rings. The Bertz CT molecular complexity index is 489. The average molecular weight is 320 g/mol. The van der Waals surface area contributed by atoms with Gasteiger partial charge in [0, 0.05) is 13.0 Å². The topological polar surface area (TPSA) is 59.8 Å². The van der Waals surface area contributed by atoms with E-state index in [9.17, 15) is 14.0 Å². The standard InChI is InChI=1S/C11H11BrFNO4/c1-17-10(16)11(13)4-5-14(6-11)9(15)7-2-3-8(12)18-7/h2-3H,4-6H2,1H3/t11-/m1/s1. The number of carbonyl (C=O) groups excluding carboxylic acids is 2. The SMILES string of the molecule is COC(=O)[C@@]1(F)CCN(C(=O)c2ccc(Br)o2)C1. The predicted molar refractivity (Wildman–Crippen MR) is 62.8 cm³/mol. The van der Waals surface area contributed by atoms with Crippen LogP contribution in [0.2, 0.25) is 0 Å². The molecule has 1 aromatic rings. The largest absolute Gasteiger partial charge is 0.467 e. The molecule has 0 radical (unpaired) electrons. The van der Waals surface area contributed by atoms with Crippen molar-refractivity contribution in [2.45, 2.75) is 12.1 Å². The van der Waals surface area contributed by atoms with Gasteiger partial charge in [0.25, 0.3) is 5.91 Å². The quantitative estimate of drug-likeness (QED) is 0.779.